The number of aromatic nitrogens is 1. The normalized spacial score (nSPS) is 10.4. The van der Waals surface area contributed by atoms with Crippen molar-refractivity contribution in [1.82, 2.24) is 4.98 Å². The van der Waals surface area contributed by atoms with Crippen LogP contribution in [0.5, 0.6) is 0 Å². The molecule has 15 heavy (non-hydrogen) atoms. The molecule has 0 aliphatic rings. The molecule has 1 heterocycles. The van der Waals surface area contributed by atoms with Crippen molar-refractivity contribution in [3.63, 3.8) is 0 Å². The second kappa shape index (κ2) is 4.03. The van der Waals surface area contributed by atoms with E-state index in [4.69, 9.17) is 0 Å². The largest absolute Gasteiger partial charge is 0.333 e. The Bertz CT molecular complexity index is 422. The summed E-state index contributed by atoms with van der Waals surface area (Å²) in [6, 6.07) is 0.232. The molecule has 0 fully saturated rings. The molecule has 5 nitrogen and oxygen atoms in total. The van der Waals surface area contributed by atoms with Crippen molar-refractivity contribution < 1.29 is 22.9 Å². The number of nitrogens with zero attached hydrogens (tertiary/aromatic N) is 2. The number of halogens is 3. The lowest BCUT2D eigenvalue weighted by Crippen LogP contribution is -2.04. The first-order valence-electron chi connectivity index (χ1n) is 3.55. The van der Waals surface area contributed by atoms with E-state index in [1.54, 1.807) is 0 Å². The van der Waals surface area contributed by atoms with Crippen LogP contribution in [-0.4, -0.2) is 16.2 Å². The zero-order valence-corrected chi connectivity index (χ0v) is 6.99. The smallest absolute Gasteiger partial charge is 0.296 e. The molecule has 80 valence electrons. The molecule has 0 aliphatic heterocycles. The van der Waals surface area contributed by atoms with Crippen molar-refractivity contribution in [2.24, 2.45) is 0 Å². The summed E-state index contributed by atoms with van der Waals surface area (Å²) in [7, 11) is 0. The average molecular weight is 220 g/mol. The summed E-state index contributed by atoms with van der Waals surface area (Å²) in [6.07, 6.45) is -3.24. The number of rotatable bonds is 3. The predicted molar refractivity (Wildman–Crippen MR) is 41.2 cm³/mol. The molecule has 0 aliphatic carbocycles. The maximum Gasteiger partial charge on any atom is 0.333 e. The Morgan fingerprint density at radius 3 is 2.53 bits per heavy atom. The van der Waals surface area contributed by atoms with Crippen LogP contribution in [0.4, 0.5) is 18.9 Å². The Kier molecular flexibility index (Phi) is 2.98. The van der Waals surface area contributed by atoms with Gasteiger partial charge in [0, 0.05) is 6.07 Å². The van der Waals surface area contributed by atoms with Gasteiger partial charge >= 0.3 is 5.69 Å². The highest BCUT2D eigenvalue weighted by molar-refractivity contribution is 5.78. The molecule has 0 amide bonds. The van der Waals surface area contributed by atoms with Gasteiger partial charge in [-0.3, -0.25) is 14.9 Å². The third-order valence-electron chi connectivity index (χ3n) is 1.51. The highest BCUT2D eigenvalue weighted by Crippen LogP contribution is 2.25. The van der Waals surface area contributed by atoms with E-state index in [0.717, 1.165) is 0 Å². The first-order valence-corrected chi connectivity index (χ1v) is 3.55. The van der Waals surface area contributed by atoms with Crippen LogP contribution < -0.4 is 0 Å². The van der Waals surface area contributed by atoms with Crippen LogP contribution in [0, 0.1) is 15.9 Å². The van der Waals surface area contributed by atoms with Crippen molar-refractivity contribution in [3.8, 4) is 0 Å². The highest BCUT2D eigenvalue weighted by Gasteiger charge is 2.25. The Morgan fingerprint density at radius 1 is 1.53 bits per heavy atom. The number of alkyl halides is 2. The summed E-state index contributed by atoms with van der Waals surface area (Å²) in [5.41, 5.74) is -3.16. The van der Waals surface area contributed by atoms with Crippen molar-refractivity contribution in [1.29, 1.82) is 0 Å². The third kappa shape index (κ3) is 2.09. The minimum Gasteiger partial charge on any atom is -0.296 e. The molecule has 0 spiro atoms. The SMILES string of the molecule is O=Cc1nc(C(F)F)cc(F)c1[N+](=O)[O-]. The number of carbonyl (C=O) groups is 1. The Balaban J connectivity index is 3.44. The molecule has 0 N–H and O–H groups in total. The number of hydrogen-bond acceptors (Lipinski definition) is 4. The fourth-order valence-electron chi connectivity index (χ4n) is 0.920. The lowest BCUT2D eigenvalue weighted by atomic mass is 10.2. The van der Waals surface area contributed by atoms with Gasteiger partial charge in [-0.1, -0.05) is 0 Å². The van der Waals surface area contributed by atoms with Crippen LogP contribution in [-0.2, 0) is 0 Å². The van der Waals surface area contributed by atoms with E-state index in [9.17, 15) is 28.1 Å². The summed E-state index contributed by atoms with van der Waals surface area (Å²) in [5.74, 6) is -1.51. The van der Waals surface area contributed by atoms with Crippen molar-refractivity contribution in [3.05, 3.63) is 33.4 Å². The van der Waals surface area contributed by atoms with Gasteiger partial charge in [0.05, 0.1) is 4.92 Å². The fourth-order valence-corrected chi connectivity index (χ4v) is 0.920. The average Bonchev–Trinajstić information content (AvgIpc) is 2.15. The number of pyridine rings is 1. The Labute approximate surface area is 80.7 Å². The molecule has 1 aromatic rings. The van der Waals surface area contributed by atoms with Gasteiger partial charge in [0.1, 0.15) is 5.69 Å². The molecule has 1 aromatic heterocycles. The molecule has 1 rings (SSSR count). The van der Waals surface area contributed by atoms with Crippen molar-refractivity contribution in [2.75, 3.05) is 0 Å². The number of carbonyl (C=O) groups excluding carboxylic acids is 1. The molecule has 8 heteroatoms. The van der Waals surface area contributed by atoms with Gasteiger partial charge in [0.15, 0.2) is 12.0 Å². The summed E-state index contributed by atoms with van der Waals surface area (Å²) in [4.78, 5) is 22.3. The molecule has 0 unspecified atom stereocenters. The number of hydrogen-bond donors (Lipinski definition) is 0. The minimum absolute atomic E-state index is 0.146. The molecule has 0 bridgehead atoms. The Hall–Kier alpha value is -1.99. The van der Waals surface area contributed by atoms with E-state index >= 15 is 0 Å². The molecule has 0 saturated heterocycles. The molecular formula is C7H3F3N2O3. The molecule has 0 radical (unpaired) electrons. The molecule has 0 aromatic carbocycles. The van der Waals surface area contributed by atoms with E-state index in [2.05, 4.69) is 4.98 Å². The van der Waals surface area contributed by atoms with Gasteiger partial charge in [0.25, 0.3) is 6.43 Å². The van der Waals surface area contributed by atoms with E-state index in [0.29, 0.717) is 0 Å². The minimum atomic E-state index is -3.10. The fraction of sp³-hybridized carbons (Fsp3) is 0.143. The summed E-state index contributed by atoms with van der Waals surface area (Å²) < 4.78 is 37.1. The number of nitro groups is 1. The van der Waals surface area contributed by atoms with Crippen molar-refractivity contribution >= 4 is 12.0 Å². The van der Waals surface area contributed by atoms with Crippen molar-refractivity contribution in [2.45, 2.75) is 6.43 Å². The van der Waals surface area contributed by atoms with E-state index in [1.165, 1.54) is 0 Å². The summed E-state index contributed by atoms with van der Waals surface area (Å²) in [6.45, 7) is 0. The van der Waals surface area contributed by atoms with Gasteiger partial charge in [-0.05, 0) is 0 Å². The van der Waals surface area contributed by atoms with Gasteiger partial charge in [0.2, 0.25) is 5.82 Å². The van der Waals surface area contributed by atoms with E-state index in [1.807, 2.05) is 0 Å². The standard InChI is InChI=1S/C7H3F3N2O3/c8-3-1-4(7(9)10)11-5(2-13)6(3)12(14)15/h1-2,7H. The molecular weight excluding hydrogens is 217 g/mol. The van der Waals surface area contributed by atoms with Gasteiger partial charge in [-0.25, -0.2) is 13.8 Å². The van der Waals surface area contributed by atoms with Crippen LogP contribution in [0.3, 0.4) is 0 Å². The molecule has 0 saturated carbocycles. The van der Waals surface area contributed by atoms with Crippen LogP contribution in [0.1, 0.15) is 22.6 Å². The zero-order chi connectivity index (χ0) is 11.6. The third-order valence-corrected chi connectivity index (χ3v) is 1.51. The van der Waals surface area contributed by atoms with Crippen LogP contribution >= 0.6 is 0 Å². The topological polar surface area (TPSA) is 73.1 Å². The second-order valence-corrected chi connectivity index (χ2v) is 2.44. The predicted octanol–water partition coefficient (Wildman–Crippen LogP) is 1.88. The maximum absolute atomic E-state index is 12.9. The van der Waals surface area contributed by atoms with Gasteiger partial charge in [-0.15, -0.1) is 0 Å². The van der Waals surface area contributed by atoms with E-state index < -0.39 is 34.2 Å². The second-order valence-electron chi connectivity index (χ2n) is 2.44. The monoisotopic (exact) mass is 220 g/mol. The van der Waals surface area contributed by atoms with Crippen LogP contribution in [0.15, 0.2) is 6.07 Å². The van der Waals surface area contributed by atoms with Gasteiger partial charge < -0.3 is 0 Å². The maximum atomic E-state index is 12.9. The van der Waals surface area contributed by atoms with Gasteiger partial charge in [-0.2, -0.15) is 4.39 Å². The first-order chi connectivity index (χ1) is 6.97. The summed E-state index contributed by atoms with van der Waals surface area (Å²) >= 11 is 0. The van der Waals surface area contributed by atoms with Crippen LogP contribution in [0.25, 0.3) is 0 Å². The Morgan fingerprint density at radius 2 is 2.13 bits per heavy atom. The summed E-state index contributed by atoms with van der Waals surface area (Å²) in [5, 5.41) is 10.3. The van der Waals surface area contributed by atoms with E-state index in [-0.39, 0.29) is 12.4 Å². The van der Waals surface area contributed by atoms with Crippen LogP contribution in [0.2, 0.25) is 0 Å². The first kappa shape index (κ1) is 11.1. The zero-order valence-electron chi connectivity index (χ0n) is 6.99. The quantitative estimate of drug-likeness (QED) is 0.442. The lowest BCUT2D eigenvalue weighted by molar-refractivity contribution is -0.388. The lowest BCUT2D eigenvalue weighted by Gasteiger charge is -2.01. The molecule has 0 atom stereocenters. The number of aldehydes is 1. The highest BCUT2D eigenvalue weighted by atomic mass is 19.3.